The summed E-state index contributed by atoms with van der Waals surface area (Å²) in [6.07, 6.45) is 0. The van der Waals surface area contributed by atoms with E-state index in [2.05, 4.69) is 10.6 Å². The molecular weight excluding hydrogens is 262 g/mol. The van der Waals surface area contributed by atoms with Crippen LogP contribution in [0.15, 0.2) is 18.2 Å². The number of benzene rings is 1. The van der Waals surface area contributed by atoms with Gasteiger partial charge in [-0.25, -0.2) is 0 Å². The lowest BCUT2D eigenvalue weighted by atomic mass is 10.2. The number of ether oxygens (including phenoxy) is 1. The van der Waals surface area contributed by atoms with Crippen molar-refractivity contribution < 1.29 is 14.5 Å². The number of nitro benzene ring substituents is 1. The third-order valence-electron chi connectivity index (χ3n) is 2.41. The van der Waals surface area contributed by atoms with Crippen molar-refractivity contribution in [2.24, 2.45) is 0 Å². The summed E-state index contributed by atoms with van der Waals surface area (Å²) >= 11 is 0. The molecule has 7 heteroatoms. The number of nitrogens with one attached hydrogen (secondary N) is 2. The number of amides is 1. The van der Waals surface area contributed by atoms with Crippen molar-refractivity contribution in [2.45, 2.75) is 26.4 Å². The van der Waals surface area contributed by atoms with Gasteiger partial charge in [-0.05, 0) is 32.5 Å². The zero-order valence-corrected chi connectivity index (χ0v) is 11.8. The largest absolute Gasteiger partial charge is 0.477 e. The highest BCUT2D eigenvalue weighted by atomic mass is 16.6. The fraction of sp³-hybridized carbons (Fsp3) is 0.462. The van der Waals surface area contributed by atoms with Crippen LogP contribution in [-0.4, -0.2) is 30.5 Å². The van der Waals surface area contributed by atoms with Crippen LogP contribution < -0.4 is 15.4 Å². The molecule has 1 aromatic rings. The molecule has 0 radical (unpaired) electrons. The van der Waals surface area contributed by atoms with Gasteiger partial charge in [0.2, 0.25) is 0 Å². The fourth-order valence-electron chi connectivity index (χ4n) is 1.65. The Balaban J connectivity index is 2.78. The summed E-state index contributed by atoms with van der Waals surface area (Å²) in [6, 6.07) is 4.66. The van der Waals surface area contributed by atoms with E-state index >= 15 is 0 Å². The summed E-state index contributed by atoms with van der Waals surface area (Å²) in [5.74, 6) is -0.220. The Morgan fingerprint density at radius 1 is 1.45 bits per heavy atom. The monoisotopic (exact) mass is 281 g/mol. The first-order valence-corrected chi connectivity index (χ1v) is 6.28. The number of carbonyl (C=O) groups is 1. The number of carbonyl (C=O) groups excluding carboxylic acids is 1. The van der Waals surface area contributed by atoms with Crippen LogP contribution in [0.5, 0.6) is 5.75 Å². The van der Waals surface area contributed by atoms with E-state index < -0.39 is 4.92 Å². The minimum absolute atomic E-state index is 0.000842. The van der Waals surface area contributed by atoms with Gasteiger partial charge in [-0.1, -0.05) is 6.07 Å². The molecule has 0 heterocycles. The summed E-state index contributed by atoms with van der Waals surface area (Å²) in [6.45, 7) is 3.93. The first kappa shape index (κ1) is 15.9. The second-order valence-corrected chi connectivity index (χ2v) is 4.60. The van der Waals surface area contributed by atoms with Crippen molar-refractivity contribution in [3.8, 4) is 5.75 Å². The Bertz CT molecular complexity index is 489. The van der Waals surface area contributed by atoms with Crippen LogP contribution >= 0.6 is 0 Å². The van der Waals surface area contributed by atoms with Crippen molar-refractivity contribution in [1.29, 1.82) is 0 Å². The standard InChI is InChI=1S/C13H19N3O4/c1-9(2)15-13(17)8-20-12-5-4-10(7-14-3)6-11(12)16(18)19/h4-6,9,14H,7-8H2,1-3H3,(H,15,17). The third kappa shape index (κ3) is 4.85. The highest BCUT2D eigenvalue weighted by Crippen LogP contribution is 2.27. The maximum atomic E-state index is 11.5. The third-order valence-corrected chi connectivity index (χ3v) is 2.41. The molecule has 0 spiro atoms. The van der Waals surface area contributed by atoms with Crippen LogP contribution in [0.4, 0.5) is 5.69 Å². The van der Waals surface area contributed by atoms with E-state index in [0.717, 1.165) is 5.56 Å². The molecule has 0 fully saturated rings. The molecule has 7 nitrogen and oxygen atoms in total. The Labute approximate surface area is 117 Å². The van der Waals surface area contributed by atoms with E-state index in [-0.39, 0.29) is 30.0 Å². The quantitative estimate of drug-likeness (QED) is 0.579. The van der Waals surface area contributed by atoms with Gasteiger partial charge in [-0.2, -0.15) is 0 Å². The summed E-state index contributed by atoms with van der Waals surface area (Å²) in [4.78, 5) is 21.9. The van der Waals surface area contributed by atoms with Crippen molar-refractivity contribution in [3.63, 3.8) is 0 Å². The number of rotatable bonds is 7. The molecule has 1 rings (SSSR count). The molecule has 0 aliphatic heterocycles. The first-order valence-electron chi connectivity index (χ1n) is 6.28. The average Bonchev–Trinajstić information content (AvgIpc) is 2.36. The van der Waals surface area contributed by atoms with Crippen LogP contribution in [0.2, 0.25) is 0 Å². The highest BCUT2D eigenvalue weighted by Gasteiger charge is 2.17. The minimum atomic E-state index is -0.519. The molecule has 0 aromatic heterocycles. The van der Waals surface area contributed by atoms with Gasteiger partial charge in [0.1, 0.15) is 0 Å². The van der Waals surface area contributed by atoms with Crippen molar-refractivity contribution in [3.05, 3.63) is 33.9 Å². The maximum Gasteiger partial charge on any atom is 0.311 e. The molecule has 0 atom stereocenters. The van der Waals surface area contributed by atoms with E-state index in [1.165, 1.54) is 12.1 Å². The smallest absolute Gasteiger partial charge is 0.311 e. The van der Waals surface area contributed by atoms with Gasteiger partial charge in [-0.3, -0.25) is 14.9 Å². The van der Waals surface area contributed by atoms with Crippen molar-refractivity contribution >= 4 is 11.6 Å². The zero-order valence-electron chi connectivity index (χ0n) is 11.8. The van der Waals surface area contributed by atoms with Crippen LogP contribution in [0.25, 0.3) is 0 Å². The molecule has 2 N–H and O–H groups in total. The number of hydrogen-bond donors (Lipinski definition) is 2. The Kier molecular flexibility index (Phi) is 5.92. The zero-order chi connectivity index (χ0) is 15.1. The van der Waals surface area contributed by atoms with Gasteiger partial charge < -0.3 is 15.4 Å². The number of nitrogens with zero attached hydrogens (tertiary/aromatic N) is 1. The SMILES string of the molecule is CNCc1ccc(OCC(=O)NC(C)C)c([N+](=O)[O-])c1. The van der Waals surface area contributed by atoms with Gasteiger partial charge in [0.05, 0.1) is 4.92 Å². The van der Waals surface area contributed by atoms with Crippen LogP contribution in [0.1, 0.15) is 19.4 Å². The molecule has 0 saturated carbocycles. The summed E-state index contributed by atoms with van der Waals surface area (Å²) < 4.78 is 5.22. The first-order chi connectivity index (χ1) is 9.43. The summed E-state index contributed by atoms with van der Waals surface area (Å²) in [5, 5.41) is 16.6. The summed E-state index contributed by atoms with van der Waals surface area (Å²) in [5.41, 5.74) is 0.633. The lowest BCUT2D eigenvalue weighted by molar-refractivity contribution is -0.385. The lowest BCUT2D eigenvalue weighted by Gasteiger charge is -2.10. The summed E-state index contributed by atoms with van der Waals surface area (Å²) in [7, 11) is 1.76. The molecule has 110 valence electrons. The normalized spacial score (nSPS) is 10.4. The lowest BCUT2D eigenvalue weighted by Crippen LogP contribution is -2.34. The number of hydrogen-bond acceptors (Lipinski definition) is 5. The highest BCUT2D eigenvalue weighted by molar-refractivity contribution is 5.77. The minimum Gasteiger partial charge on any atom is -0.477 e. The molecule has 1 amide bonds. The fourth-order valence-corrected chi connectivity index (χ4v) is 1.65. The predicted molar refractivity (Wildman–Crippen MR) is 74.6 cm³/mol. The van der Waals surface area contributed by atoms with E-state index in [0.29, 0.717) is 6.54 Å². The van der Waals surface area contributed by atoms with Crippen molar-refractivity contribution in [2.75, 3.05) is 13.7 Å². The van der Waals surface area contributed by atoms with Crippen LogP contribution in [0, 0.1) is 10.1 Å². The molecule has 0 aliphatic carbocycles. The van der Waals surface area contributed by atoms with Gasteiger partial charge in [-0.15, -0.1) is 0 Å². The average molecular weight is 281 g/mol. The molecular formula is C13H19N3O4. The maximum absolute atomic E-state index is 11.5. The van der Waals surface area contributed by atoms with Gasteiger partial charge in [0, 0.05) is 18.7 Å². The van der Waals surface area contributed by atoms with E-state index in [1.807, 2.05) is 13.8 Å². The molecule has 20 heavy (non-hydrogen) atoms. The number of nitro groups is 1. The molecule has 0 unspecified atom stereocenters. The van der Waals surface area contributed by atoms with Gasteiger partial charge >= 0.3 is 5.69 Å². The van der Waals surface area contributed by atoms with E-state index in [9.17, 15) is 14.9 Å². The molecule has 0 saturated heterocycles. The topological polar surface area (TPSA) is 93.5 Å². The van der Waals surface area contributed by atoms with Gasteiger partial charge in [0.25, 0.3) is 5.91 Å². The second-order valence-electron chi connectivity index (χ2n) is 4.60. The molecule has 0 bridgehead atoms. The predicted octanol–water partition coefficient (Wildman–Crippen LogP) is 1.22. The van der Waals surface area contributed by atoms with Crippen molar-refractivity contribution in [1.82, 2.24) is 10.6 Å². The molecule has 1 aromatic carbocycles. The molecule has 0 aliphatic rings. The van der Waals surface area contributed by atoms with Crippen LogP contribution in [0.3, 0.4) is 0 Å². The van der Waals surface area contributed by atoms with E-state index in [1.54, 1.807) is 13.1 Å². The Hall–Kier alpha value is -2.15. The Morgan fingerprint density at radius 2 is 2.15 bits per heavy atom. The van der Waals surface area contributed by atoms with Gasteiger partial charge in [0.15, 0.2) is 12.4 Å². The Morgan fingerprint density at radius 3 is 2.70 bits per heavy atom. The van der Waals surface area contributed by atoms with E-state index in [4.69, 9.17) is 4.74 Å². The second kappa shape index (κ2) is 7.44. The van der Waals surface area contributed by atoms with Crippen LogP contribution in [-0.2, 0) is 11.3 Å².